The van der Waals surface area contributed by atoms with Crippen LogP contribution in [0.15, 0.2) is 11.6 Å². The molecule has 0 heterocycles. The van der Waals surface area contributed by atoms with Crippen LogP contribution in [0.2, 0.25) is 0 Å². The highest BCUT2D eigenvalue weighted by molar-refractivity contribution is 8.00. The number of aliphatic hydroxyl groups is 3. The number of halogens is 2. The van der Waals surface area contributed by atoms with E-state index < -0.39 is 45.2 Å². The minimum atomic E-state index is -2.04. The molecular weight excluding hydrogens is 422 g/mol. The van der Waals surface area contributed by atoms with E-state index in [9.17, 15) is 20.1 Å². The Kier molecular flexibility index (Phi) is 5.53. The Labute approximate surface area is 187 Å². The molecule has 8 atom stereocenters. The number of alkyl halides is 2. The molecule has 0 radical (unpaired) electrons. The minimum Gasteiger partial charge on any atom is -0.390 e. The summed E-state index contributed by atoms with van der Waals surface area (Å²) in [5.74, 6) is -3.16. The predicted molar refractivity (Wildman–Crippen MR) is 117 cm³/mol. The van der Waals surface area contributed by atoms with Gasteiger partial charge in [-0.25, -0.2) is 8.78 Å². The first kappa shape index (κ1) is 23.7. The molecule has 4 aliphatic carbocycles. The highest BCUT2D eigenvalue weighted by Gasteiger charge is 2.76. The van der Waals surface area contributed by atoms with Crippen molar-refractivity contribution in [3.63, 3.8) is 0 Å². The van der Waals surface area contributed by atoms with Gasteiger partial charge >= 0.3 is 0 Å². The Balaban J connectivity index is 1.83. The molecule has 0 saturated heterocycles. The number of thioether (sulfide) groups is 1. The second-order valence-corrected chi connectivity index (χ2v) is 12.0. The van der Waals surface area contributed by atoms with Gasteiger partial charge in [0.05, 0.1) is 10.9 Å². The summed E-state index contributed by atoms with van der Waals surface area (Å²) < 4.78 is 31.6. The van der Waals surface area contributed by atoms with Crippen molar-refractivity contribution in [1.29, 1.82) is 0 Å². The van der Waals surface area contributed by atoms with Gasteiger partial charge < -0.3 is 15.3 Å². The van der Waals surface area contributed by atoms with Gasteiger partial charge in [-0.05, 0) is 61.3 Å². The number of hydrogen-bond donors (Lipinski definition) is 3. The highest BCUT2D eigenvalue weighted by atomic mass is 32.2. The number of fused-ring (bicyclic) bond motifs is 5. The first-order valence-corrected chi connectivity index (χ1v) is 12.8. The third-order valence-corrected chi connectivity index (χ3v) is 11.4. The standard InChI is InChI=1S/C24H36F2O4S/c1-5-8-23(29,30)22(31-4)10-7-15-16-12-18(25)17-11-14(27)6-9-20(17,2)24(16,26)19(28)13-21(15,22)3/h11,15-16,18-19,28-30H,5-10,12-13H2,1-4H3/t15-,16-,18-,19-,20-,21-,22+,24-/m0/s1. The molecule has 0 aromatic heterocycles. The maximum Gasteiger partial charge on any atom is 0.178 e. The molecular formula is C24H36F2O4S. The zero-order valence-corrected chi connectivity index (χ0v) is 19.8. The van der Waals surface area contributed by atoms with Crippen LogP contribution in [0.5, 0.6) is 0 Å². The first-order valence-electron chi connectivity index (χ1n) is 11.6. The van der Waals surface area contributed by atoms with Crippen molar-refractivity contribution in [2.45, 2.75) is 101 Å². The molecule has 0 spiro atoms. The number of ketones is 1. The molecule has 31 heavy (non-hydrogen) atoms. The fraction of sp³-hybridized carbons (Fsp3) is 0.875. The lowest BCUT2D eigenvalue weighted by Crippen LogP contribution is -2.71. The Hall–Kier alpha value is -0.500. The van der Waals surface area contributed by atoms with Gasteiger partial charge in [0.2, 0.25) is 0 Å². The SMILES string of the molecule is CCCC(O)(O)[C@@]1(SC)CC[C@H]2[C@@H]3C[C@H](F)C4=CC(=O)CC[C@]4(C)[C@@]3(F)[C@@H](O)C[C@@]21C. The number of carbonyl (C=O) groups excluding carboxylic acids is 1. The smallest absolute Gasteiger partial charge is 0.178 e. The van der Waals surface area contributed by atoms with Crippen LogP contribution in [0.25, 0.3) is 0 Å². The van der Waals surface area contributed by atoms with Gasteiger partial charge in [0.25, 0.3) is 0 Å². The van der Waals surface area contributed by atoms with Crippen molar-refractivity contribution < 1.29 is 28.9 Å². The van der Waals surface area contributed by atoms with Gasteiger partial charge in [-0.2, -0.15) is 11.8 Å². The number of hydrogen-bond acceptors (Lipinski definition) is 5. The van der Waals surface area contributed by atoms with Gasteiger partial charge in [0, 0.05) is 24.2 Å². The second kappa shape index (κ2) is 7.25. The van der Waals surface area contributed by atoms with Crippen LogP contribution in [-0.2, 0) is 4.79 Å². The third kappa shape index (κ3) is 2.72. The van der Waals surface area contributed by atoms with Crippen LogP contribution in [0.3, 0.4) is 0 Å². The lowest BCUT2D eigenvalue weighted by atomic mass is 9.43. The summed E-state index contributed by atoms with van der Waals surface area (Å²) in [6.45, 7) is 5.50. The minimum absolute atomic E-state index is 0.0788. The summed E-state index contributed by atoms with van der Waals surface area (Å²) in [6, 6.07) is 0. The van der Waals surface area contributed by atoms with E-state index in [0.29, 0.717) is 19.3 Å². The fourth-order valence-corrected chi connectivity index (χ4v) is 9.71. The zero-order valence-electron chi connectivity index (χ0n) is 19.0. The van der Waals surface area contributed by atoms with E-state index in [1.54, 1.807) is 6.92 Å². The molecule has 0 aliphatic heterocycles. The largest absolute Gasteiger partial charge is 0.390 e. The maximum atomic E-state index is 17.1. The molecule has 7 heteroatoms. The van der Waals surface area contributed by atoms with Crippen molar-refractivity contribution in [3.8, 4) is 0 Å². The topological polar surface area (TPSA) is 77.8 Å². The average Bonchev–Trinajstić information content (AvgIpc) is 2.99. The van der Waals surface area contributed by atoms with E-state index in [1.807, 2.05) is 20.1 Å². The summed E-state index contributed by atoms with van der Waals surface area (Å²) in [5.41, 5.74) is -3.83. The molecule has 0 unspecified atom stereocenters. The van der Waals surface area contributed by atoms with E-state index in [2.05, 4.69) is 0 Å². The van der Waals surface area contributed by atoms with Crippen LogP contribution in [0.1, 0.15) is 72.1 Å². The monoisotopic (exact) mass is 458 g/mol. The Bertz CT molecular complexity index is 802. The van der Waals surface area contributed by atoms with Crippen LogP contribution in [0.4, 0.5) is 8.78 Å². The van der Waals surface area contributed by atoms with Gasteiger partial charge in [-0.15, -0.1) is 0 Å². The van der Waals surface area contributed by atoms with Crippen molar-refractivity contribution in [1.82, 2.24) is 0 Å². The molecule has 3 fully saturated rings. The van der Waals surface area contributed by atoms with E-state index >= 15 is 8.78 Å². The van der Waals surface area contributed by atoms with Gasteiger partial charge in [-0.1, -0.05) is 27.2 Å². The molecule has 0 aromatic carbocycles. The maximum absolute atomic E-state index is 17.1. The molecule has 3 saturated carbocycles. The number of carbonyl (C=O) groups is 1. The van der Waals surface area contributed by atoms with Crippen LogP contribution in [-0.4, -0.2) is 55.8 Å². The number of allylic oxidation sites excluding steroid dienone is 1. The first-order chi connectivity index (χ1) is 14.3. The van der Waals surface area contributed by atoms with Gasteiger partial charge in [-0.3, -0.25) is 4.79 Å². The van der Waals surface area contributed by atoms with E-state index in [-0.39, 0.29) is 49.4 Å². The van der Waals surface area contributed by atoms with Crippen molar-refractivity contribution >= 4 is 17.5 Å². The molecule has 176 valence electrons. The second-order valence-electron chi connectivity index (χ2n) is 10.9. The van der Waals surface area contributed by atoms with Crippen molar-refractivity contribution in [3.05, 3.63) is 11.6 Å². The van der Waals surface area contributed by atoms with Gasteiger partial charge in [0.15, 0.2) is 11.6 Å². The normalized spacial score (nSPS) is 49.8. The van der Waals surface area contributed by atoms with E-state index in [4.69, 9.17) is 0 Å². The van der Waals surface area contributed by atoms with E-state index in [0.717, 1.165) is 0 Å². The lowest BCUT2D eigenvalue weighted by molar-refractivity contribution is -0.249. The van der Waals surface area contributed by atoms with Crippen LogP contribution < -0.4 is 0 Å². The van der Waals surface area contributed by atoms with E-state index in [1.165, 1.54) is 17.8 Å². The number of aliphatic hydroxyl groups excluding tert-OH is 1. The zero-order chi connectivity index (χ0) is 23.0. The van der Waals surface area contributed by atoms with Crippen LogP contribution in [0, 0.1) is 22.7 Å². The summed E-state index contributed by atoms with van der Waals surface area (Å²) in [5, 5.41) is 33.7. The van der Waals surface area contributed by atoms with Crippen molar-refractivity contribution in [2.24, 2.45) is 22.7 Å². The third-order valence-electron chi connectivity index (χ3n) is 9.74. The Morgan fingerprint density at radius 2 is 1.94 bits per heavy atom. The molecule has 0 aromatic rings. The summed E-state index contributed by atoms with van der Waals surface area (Å²) in [7, 11) is 0. The molecule has 3 N–H and O–H groups in total. The Morgan fingerprint density at radius 3 is 2.55 bits per heavy atom. The quantitative estimate of drug-likeness (QED) is 0.553. The average molecular weight is 459 g/mol. The molecule has 4 aliphatic rings. The molecule has 0 amide bonds. The molecule has 0 bridgehead atoms. The Morgan fingerprint density at radius 1 is 1.26 bits per heavy atom. The predicted octanol–water partition coefficient (Wildman–Crippen LogP) is 4.11. The lowest BCUT2D eigenvalue weighted by Gasteiger charge is -2.65. The highest BCUT2D eigenvalue weighted by Crippen LogP contribution is 2.73. The van der Waals surface area contributed by atoms with Crippen LogP contribution >= 0.6 is 11.8 Å². The summed E-state index contributed by atoms with van der Waals surface area (Å²) in [4.78, 5) is 12.0. The number of rotatable bonds is 4. The van der Waals surface area contributed by atoms with Crippen molar-refractivity contribution in [2.75, 3.05) is 6.26 Å². The summed E-state index contributed by atoms with van der Waals surface area (Å²) >= 11 is 1.39. The van der Waals surface area contributed by atoms with Gasteiger partial charge in [0.1, 0.15) is 11.8 Å². The molecule has 4 rings (SSSR count). The molecule has 4 nitrogen and oxygen atoms in total. The fourth-order valence-electron chi connectivity index (χ4n) is 8.25. The summed E-state index contributed by atoms with van der Waals surface area (Å²) in [6.07, 6.45) is 2.52.